The monoisotopic (exact) mass is 850 g/mol. The highest BCUT2D eigenvalue weighted by Crippen LogP contribution is 2.51. The molecule has 12 aromatic carbocycles. The topological polar surface area (TPSA) is 0 Å². The van der Waals surface area contributed by atoms with Gasteiger partial charge in [-0.1, -0.05) is 208 Å². The van der Waals surface area contributed by atoms with E-state index in [1.165, 1.54) is 132 Å². The fourth-order valence-corrected chi connectivity index (χ4v) is 11.2. The molecule has 0 N–H and O–H groups in total. The van der Waals surface area contributed by atoms with Crippen LogP contribution in [0.4, 0.5) is 0 Å². The van der Waals surface area contributed by atoms with Crippen LogP contribution >= 0.6 is 0 Å². The van der Waals surface area contributed by atoms with Crippen molar-refractivity contribution >= 4 is 43.1 Å². The molecular weight excluding hydrogens is 805 g/mol. The fourth-order valence-electron chi connectivity index (χ4n) is 11.2. The molecule has 0 bridgehead atoms. The van der Waals surface area contributed by atoms with E-state index in [1.54, 1.807) is 0 Å². The lowest BCUT2D eigenvalue weighted by molar-refractivity contribution is 0.661. The van der Waals surface area contributed by atoms with Gasteiger partial charge in [0.25, 0.3) is 0 Å². The summed E-state index contributed by atoms with van der Waals surface area (Å²) in [6.07, 6.45) is 0. The number of benzene rings is 12. The van der Waals surface area contributed by atoms with Crippen molar-refractivity contribution in [2.75, 3.05) is 0 Å². The number of rotatable bonds is 6. The van der Waals surface area contributed by atoms with Crippen LogP contribution in [0.2, 0.25) is 0 Å². The van der Waals surface area contributed by atoms with Crippen molar-refractivity contribution in [2.45, 2.75) is 19.3 Å². The Kier molecular flexibility index (Phi) is 8.98. The highest BCUT2D eigenvalue weighted by molar-refractivity contribution is 6.04. The maximum atomic E-state index is 2.48. The average molecular weight is 851 g/mol. The van der Waals surface area contributed by atoms with Crippen LogP contribution in [0.25, 0.3) is 121 Å². The van der Waals surface area contributed by atoms with E-state index in [2.05, 4.69) is 257 Å². The van der Waals surface area contributed by atoms with Crippen LogP contribution in [0, 0.1) is 0 Å². The van der Waals surface area contributed by atoms with E-state index < -0.39 is 0 Å². The standard InChI is InChI=1S/C67H46/c1-67(2)65-41-47(49-35-51(59-27-11-19-43-15-3-7-23-55(43)59)39-52(36-49)60-28-12-20-44-16-4-8-24-56(44)60)31-33-63(65)64-34-32-48(42-66(64)67)50-37-53(61-29-13-21-45-17-5-9-25-57(45)61)40-54(38-50)62-30-14-22-46-18-6-10-26-58(46)62/h3-42H,1-2H3. The molecule has 67 heavy (non-hydrogen) atoms. The molecule has 1 aliphatic rings. The molecule has 0 heterocycles. The molecule has 13 rings (SSSR count). The van der Waals surface area contributed by atoms with E-state index in [1.807, 2.05) is 0 Å². The molecule has 0 heteroatoms. The highest BCUT2D eigenvalue weighted by Gasteiger charge is 2.36. The van der Waals surface area contributed by atoms with Gasteiger partial charge in [0.2, 0.25) is 0 Å². The maximum Gasteiger partial charge on any atom is 0.0159 e. The van der Waals surface area contributed by atoms with Gasteiger partial charge in [-0.3, -0.25) is 0 Å². The van der Waals surface area contributed by atoms with Crippen molar-refractivity contribution in [3.8, 4) is 77.9 Å². The van der Waals surface area contributed by atoms with Gasteiger partial charge in [0.1, 0.15) is 0 Å². The van der Waals surface area contributed by atoms with Crippen LogP contribution in [0.3, 0.4) is 0 Å². The van der Waals surface area contributed by atoms with Gasteiger partial charge < -0.3 is 0 Å². The second kappa shape index (κ2) is 15.4. The molecule has 12 aromatic rings. The zero-order valence-corrected chi connectivity index (χ0v) is 37.6. The molecule has 0 aliphatic heterocycles. The van der Waals surface area contributed by atoms with Gasteiger partial charge in [0.05, 0.1) is 0 Å². The van der Waals surface area contributed by atoms with Crippen molar-refractivity contribution in [3.05, 3.63) is 254 Å². The van der Waals surface area contributed by atoms with E-state index in [9.17, 15) is 0 Å². The van der Waals surface area contributed by atoms with Crippen molar-refractivity contribution in [1.82, 2.24) is 0 Å². The summed E-state index contributed by atoms with van der Waals surface area (Å²) in [5, 5.41) is 10.0. The predicted molar refractivity (Wildman–Crippen MR) is 287 cm³/mol. The molecule has 0 aromatic heterocycles. The summed E-state index contributed by atoms with van der Waals surface area (Å²) < 4.78 is 0. The minimum atomic E-state index is -0.228. The quantitative estimate of drug-likeness (QED) is 0.156. The Bertz CT molecular complexity index is 3480. The van der Waals surface area contributed by atoms with Crippen molar-refractivity contribution in [3.63, 3.8) is 0 Å². The lowest BCUT2D eigenvalue weighted by atomic mass is 9.80. The Hall–Kier alpha value is -8.32. The summed E-state index contributed by atoms with van der Waals surface area (Å²) in [6, 6.07) is 90.5. The first-order valence-electron chi connectivity index (χ1n) is 23.5. The number of fused-ring (bicyclic) bond motifs is 7. The first-order chi connectivity index (χ1) is 32.9. The second-order valence-electron chi connectivity index (χ2n) is 18.9. The summed E-state index contributed by atoms with van der Waals surface area (Å²) >= 11 is 0. The van der Waals surface area contributed by atoms with Gasteiger partial charge in [0, 0.05) is 5.41 Å². The summed E-state index contributed by atoms with van der Waals surface area (Å²) in [4.78, 5) is 0. The van der Waals surface area contributed by atoms with E-state index in [0.717, 1.165) is 0 Å². The van der Waals surface area contributed by atoms with E-state index in [-0.39, 0.29) is 5.41 Å². The van der Waals surface area contributed by atoms with Crippen LogP contribution in [0.5, 0.6) is 0 Å². The summed E-state index contributed by atoms with van der Waals surface area (Å²) in [5.74, 6) is 0. The molecule has 0 unspecified atom stereocenters. The Morgan fingerprint density at radius 3 is 0.791 bits per heavy atom. The lowest BCUT2D eigenvalue weighted by Gasteiger charge is -2.23. The molecule has 0 nitrogen and oxygen atoms in total. The first-order valence-corrected chi connectivity index (χ1v) is 23.5. The Labute approximate surface area is 392 Å². The zero-order valence-electron chi connectivity index (χ0n) is 37.6. The maximum absolute atomic E-state index is 2.48. The van der Waals surface area contributed by atoms with Gasteiger partial charge in [-0.25, -0.2) is 0 Å². The molecule has 0 saturated carbocycles. The molecular formula is C67H46. The van der Waals surface area contributed by atoms with Crippen LogP contribution in [0.15, 0.2) is 243 Å². The minimum Gasteiger partial charge on any atom is -0.0616 e. The van der Waals surface area contributed by atoms with Crippen molar-refractivity contribution in [2.24, 2.45) is 0 Å². The first kappa shape index (κ1) is 39.1. The zero-order chi connectivity index (χ0) is 44.6. The summed E-state index contributed by atoms with van der Waals surface area (Å²) in [5.41, 5.74) is 19.9. The second-order valence-corrected chi connectivity index (χ2v) is 18.9. The molecule has 0 fully saturated rings. The number of hydrogen-bond acceptors (Lipinski definition) is 0. The summed E-state index contributed by atoms with van der Waals surface area (Å²) in [6.45, 7) is 4.82. The van der Waals surface area contributed by atoms with Crippen LogP contribution in [-0.2, 0) is 5.41 Å². The number of hydrogen-bond donors (Lipinski definition) is 0. The Morgan fingerprint density at radius 2 is 0.478 bits per heavy atom. The minimum absolute atomic E-state index is 0.228. The van der Waals surface area contributed by atoms with Crippen LogP contribution < -0.4 is 0 Å². The summed E-state index contributed by atoms with van der Waals surface area (Å²) in [7, 11) is 0. The highest BCUT2D eigenvalue weighted by atomic mass is 14.4. The molecule has 0 atom stereocenters. The predicted octanol–water partition coefficient (Wildman–Crippen LogP) is 18.6. The molecule has 1 aliphatic carbocycles. The SMILES string of the molecule is CC1(C)c2cc(-c3cc(-c4cccc5ccccc45)cc(-c4cccc5ccccc45)c3)ccc2-c2ccc(-c3cc(-c4cccc5ccccc45)cc(-c4cccc5ccccc45)c3)cc21. The van der Waals surface area contributed by atoms with Gasteiger partial charge in [-0.15, -0.1) is 0 Å². The van der Waals surface area contributed by atoms with Gasteiger partial charge in [-0.05, 0) is 181 Å². The average Bonchev–Trinajstić information content (AvgIpc) is 3.62. The third-order valence-corrected chi connectivity index (χ3v) is 14.6. The van der Waals surface area contributed by atoms with E-state index in [4.69, 9.17) is 0 Å². The van der Waals surface area contributed by atoms with Crippen LogP contribution in [0.1, 0.15) is 25.0 Å². The molecule has 0 radical (unpaired) electrons. The van der Waals surface area contributed by atoms with E-state index >= 15 is 0 Å². The molecule has 0 spiro atoms. The third kappa shape index (κ3) is 6.51. The molecule has 0 amide bonds. The van der Waals surface area contributed by atoms with Crippen LogP contribution in [-0.4, -0.2) is 0 Å². The molecule has 0 saturated heterocycles. The smallest absolute Gasteiger partial charge is 0.0159 e. The van der Waals surface area contributed by atoms with Gasteiger partial charge in [-0.2, -0.15) is 0 Å². The van der Waals surface area contributed by atoms with E-state index in [0.29, 0.717) is 0 Å². The van der Waals surface area contributed by atoms with Gasteiger partial charge >= 0.3 is 0 Å². The Morgan fingerprint density at radius 1 is 0.209 bits per heavy atom. The van der Waals surface area contributed by atoms with Crippen molar-refractivity contribution in [1.29, 1.82) is 0 Å². The third-order valence-electron chi connectivity index (χ3n) is 14.6. The Balaban J connectivity index is 0.949. The molecule has 314 valence electrons. The fraction of sp³-hybridized carbons (Fsp3) is 0.0448. The largest absolute Gasteiger partial charge is 0.0616 e. The van der Waals surface area contributed by atoms with Crippen molar-refractivity contribution < 1.29 is 0 Å². The van der Waals surface area contributed by atoms with Gasteiger partial charge in [0.15, 0.2) is 0 Å². The lowest BCUT2D eigenvalue weighted by Crippen LogP contribution is -2.15. The normalized spacial score (nSPS) is 12.7.